The summed E-state index contributed by atoms with van der Waals surface area (Å²) in [5, 5.41) is 5.10. The summed E-state index contributed by atoms with van der Waals surface area (Å²) in [5.74, 6) is -0.159. The normalized spacial score (nSPS) is 16.6. The molecular weight excluding hydrogens is 296 g/mol. The lowest BCUT2D eigenvalue weighted by Crippen LogP contribution is -2.36. The minimum absolute atomic E-state index is 0.159. The first-order chi connectivity index (χ1) is 10.7. The third kappa shape index (κ3) is 3.51. The van der Waals surface area contributed by atoms with Gasteiger partial charge >= 0.3 is 0 Å². The molecule has 1 N–H and O–H groups in total. The fourth-order valence-electron chi connectivity index (χ4n) is 2.73. The molecular formula is C16H20N4OS. The Labute approximate surface area is 134 Å². The number of amides is 1. The Hall–Kier alpha value is -1.79. The number of likely N-dealkylation sites (tertiary alicyclic amines) is 1. The molecule has 1 aliphatic heterocycles. The van der Waals surface area contributed by atoms with Crippen molar-refractivity contribution in [1.29, 1.82) is 0 Å². The molecule has 0 bridgehead atoms. The van der Waals surface area contributed by atoms with Crippen molar-refractivity contribution >= 4 is 17.2 Å². The van der Waals surface area contributed by atoms with Crippen LogP contribution in [0.5, 0.6) is 0 Å². The van der Waals surface area contributed by atoms with E-state index in [1.807, 2.05) is 6.92 Å². The number of carbonyl (C=O) groups excluding carboxylic acids is 1. The lowest BCUT2D eigenvalue weighted by molar-refractivity contribution is 0.0933. The molecule has 1 atom stereocenters. The average Bonchev–Trinajstić information content (AvgIpc) is 3.22. The van der Waals surface area contributed by atoms with Gasteiger partial charge in [-0.1, -0.05) is 6.07 Å². The first-order valence-corrected chi connectivity index (χ1v) is 8.46. The van der Waals surface area contributed by atoms with E-state index in [1.165, 1.54) is 23.9 Å². The van der Waals surface area contributed by atoms with Gasteiger partial charge in [-0.05, 0) is 44.3 Å². The van der Waals surface area contributed by atoms with Crippen LogP contribution >= 0.6 is 11.3 Å². The van der Waals surface area contributed by atoms with Crippen LogP contribution in [0.15, 0.2) is 29.9 Å². The number of aromatic nitrogens is 2. The Balaban J connectivity index is 1.66. The number of nitrogens with one attached hydrogen (secondary N) is 1. The highest BCUT2D eigenvalue weighted by Crippen LogP contribution is 2.27. The smallest absolute Gasteiger partial charge is 0.271 e. The third-order valence-electron chi connectivity index (χ3n) is 3.92. The number of nitrogens with zero attached hydrogens (tertiary/aromatic N) is 3. The van der Waals surface area contributed by atoms with Crippen LogP contribution in [0.4, 0.5) is 0 Å². The van der Waals surface area contributed by atoms with Gasteiger partial charge in [0.05, 0.1) is 17.9 Å². The standard InChI is InChI=1S/C16H20N4OS/c1-12-9-18-13(10-17-12)16(21)19-11-14(15-5-4-8-22-15)20-6-2-3-7-20/h4-5,8-10,14H,2-3,6-7,11H2,1H3,(H,19,21). The van der Waals surface area contributed by atoms with E-state index in [9.17, 15) is 4.79 Å². The quantitative estimate of drug-likeness (QED) is 0.920. The van der Waals surface area contributed by atoms with E-state index in [2.05, 4.69) is 37.7 Å². The largest absolute Gasteiger partial charge is 0.349 e. The van der Waals surface area contributed by atoms with Crippen LogP contribution in [0.1, 0.15) is 39.9 Å². The van der Waals surface area contributed by atoms with Crippen LogP contribution in [0.2, 0.25) is 0 Å². The average molecular weight is 316 g/mol. The summed E-state index contributed by atoms with van der Waals surface area (Å²) in [6, 6.07) is 4.46. The summed E-state index contributed by atoms with van der Waals surface area (Å²) in [7, 11) is 0. The van der Waals surface area contributed by atoms with E-state index >= 15 is 0 Å². The highest BCUT2D eigenvalue weighted by molar-refractivity contribution is 7.10. The maximum atomic E-state index is 12.2. The molecule has 1 unspecified atom stereocenters. The van der Waals surface area contributed by atoms with Crippen LogP contribution in [0, 0.1) is 6.92 Å². The van der Waals surface area contributed by atoms with Crippen molar-refractivity contribution in [2.24, 2.45) is 0 Å². The monoisotopic (exact) mass is 316 g/mol. The summed E-state index contributed by atoms with van der Waals surface area (Å²) >= 11 is 1.75. The van der Waals surface area contributed by atoms with Crippen molar-refractivity contribution < 1.29 is 4.79 Å². The molecule has 3 rings (SSSR count). The van der Waals surface area contributed by atoms with Crippen LogP contribution in [-0.4, -0.2) is 40.4 Å². The van der Waals surface area contributed by atoms with Gasteiger partial charge in [0.15, 0.2) is 0 Å². The zero-order chi connectivity index (χ0) is 15.4. The summed E-state index contributed by atoms with van der Waals surface area (Å²) in [6.45, 7) is 4.66. The molecule has 0 radical (unpaired) electrons. The summed E-state index contributed by atoms with van der Waals surface area (Å²) < 4.78 is 0. The van der Waals surface area contributed by atoms with Gasteiger partial charge in [-0.25, -0.2) is 4.98 Å². The summed E-state index contributed by atoms with van der Waals surface area (Å²) in [6.07, 6.45) is 5.62. The zero-order valence-corrected chi connectivity index (χ0v) is 13.5. The van der Waals surface area contributed by atoms with Gasteiger partial charge in [0.1, 0.15) is 5.69 Å². The minimum Gasteiger partial charge on any atom is -0.349 e. The molecule has 0 spiro atoms. The van der Waals surface area contributed by atoms with Crippen molar-refractivity contribution in [2.75, 3.05) is 19.6 Å². The van der Waals surface area contributed by atoms with Gasteiger partial charge < -0.3 is 5.32 Å². The van der Waals surface area contributed by atoms with Gasteiger partial charge in [0, 0.05) is 17.6 Å². The van der Waals surface area contributed by atoms with Crippen molar-refractivity contribution in [3.8, 4) is 0 Å². The first kappa shape index (κ1) is 15.1. The molecule has 0 aliphatic carbocycles. The molecule has 6 heteroatoms. The van der Waals surface area contributed by atoms with E-state index in [4.69, 9.17) is 0 Å². The second kappa shape index (κ2) is 6.98. The van der Waals surface area contributed by atoms with Crippen LogP contribution < -0.4 is 5.32 Å². The fraction of sp³-hybridized carbons (Fsp3) is 0.438. The van der Waals surface area contributed by atoms with Crippen LogP contribution in [0.3, 0.4) is 0 Å². The maximum absolute atomic E-state index is 12.2. The van der Waals surface area contributed by atoms with E-state index in [-0.39, 0.29) is 11.9 Å². The molecule has 1 fully saturated rings. The van der Waals surface area contributed by atoms with Crippen LogP contribution in [-0.2, 0) is 0 Å². The molecule has 116 valence electrons. The van der Waals surface area contributed by atoms with Crippen molar-refractivity contribution in [2.45, 2.75) is 25.8 Å². The Morgan fingerprint density at radius 3 is 2.82 bits per heavy atom. The molecule has 2 aromatic heterocycles. The molecule has 1 amide bonds. The topological polar surface area (TPSA) is 58.1 Å². The number of thiophene rings is 1. The minimum atomic E-state index is -0.159. The van der Waals surface area contributed by atoms with E-state index in [1.54, 1.807) is 17.5 Å². The fourth-order valence-corrected chi connectivity index (χ4v) is 3.59. The summed E-state index contributed by atoms with van der Waals surface area (Å²) in [4.78, 5) is 24.2. The molecule has 0 saturated carbocycles. The van der Waals surface area contributed by atoms with Crippen LogP contribution in [0.25, 0.3) is 0 Å². The van der Waals surface area contributed by atoms with Gasteiger partial charge in [-0.2, -0.15) is 0 Å². The third-order valence-corrected chi connectivity index (χ3v) is 4.90. The van der Waals surface area contributed by atoms with Gasteiger partial charge in [-0.3, -0.25) is 14.7 Å². The Morgan fingerprint density at radius 1 is 1.36 bits per heavy atom. The predicted octanol–water partition coefficient (Wildman–Crippen LogP) is 2.41. The lowest BCUT2D eigenvalue weighted by atomic mass is 10.2. The number of hydrogen-bond donors (Lipinski definition) is 1. The maximum Gasteiger partial charge on any atom is 0.271 e. The Morgan fingerprint density at radius 2 is 2.18 bits per heavy atom. The number of rotatable bonds is 5. The van der Waals surface area contributed by atoms with Gasteiger partial charge in [0.25, 0.3) is 5.91 Å². The molecule has 1 aliphatic rings. The Bertz CT molecular complexity index is 606. The van der Waals surface area contributed by atoms with E-state index in [0.29, 0.717) is 12.2 Å². The number of carbonyl (C=O) groups is 1. The molecule has 3 heterocycles. The molecule has 0 aromatic carbocycles. The van der Waals surface area contributed by atoms with Crippen molar-refractivity contribution in [3.63, 3.8) is 0 Å². The highest BCUT2D eigenvalue weighted by Gasteiger charge is 2.24. The van der Waals surface area contributed by atoms with Crippen molar-refractivity contribution in [3.05, 3.63) is 46.2 Å². The van der Waals surface area contributed by atoms with E-state index in [0.717, 1.165) is 18.8 Å². The first-order valence-electron chi connectivity index (χ1n) is 7.58. The number of hydrogen-bond acceptors (Lipinski definition) is 5. The molecule has 22 heavy (non-hydrogen) atoms. The predicted molar refractivity (Wildman–Crippen MR) is 87.0 cm³/mol. The molecule has 1 saturated heterocycles. The second-order valence-electron chi connectivity index (χ2n) is 5.53. The Kier molecular flexibility index (Phi) is 4.80. The second-order valence-corrected chi connectivity index (χ2v) is 6.51. The van der Waals surface area contributed by atoms with E-state index < -0.39 is 0 Å². The highest BCUT2D eigenvalue weighted by atomic mass is 32.1. The van der Waals surface area contributed by atoms with Gasteiger partial charge in [0.2, 0.25) is 0 Å². The van der Waals surface area contributed by atoms with Gasteiger partial charge in [-0.15, -0.1) is 11.3 Å². The molecule has 5 nitrogen and oxygen atoms in total. The SMILES string of the molecule is Cc1cnc(C(=O)NCC(c2cccs2)N2CCCC2)cn1. The summed E-state index contributed by atoms with van der Waals surface area (Å²) in [5.41, 5.74) is 1.18. The zero-order valence-electron chi connectivity index (χ0n) is 12.7. The van der Waals surface area contributed by atoms with Crippen molar-refractivity contribution in [1.82, 2.24) is 20.2 Å². The molecule has 2 aromatic rings. The lowest BCUT2D eigenvalue weighted by Gasteiger charge is -2.26. The number of aryl methyl sites for hydroxylation is 1.